The normalized spacial score (nSPS) is 12.6. The number of hydrogen-bond donors (Lipinski definition) is 3. The van der Waals surface area contributed by atoms with Gasteiger partial charge in [-0.3, -0.25) is 4.79 Å². The molecule has 1 aromatic carbocycles. The minimum atomic E-state index is -0.730. The number of rotatable bonds is 10. The largest absolute Gasteiger partial charge is 0.514 e. The molecule has 0 saturated heterocycles. The molecule has 0 saturated carbocycles. The zero-order valence-corrected chi connectivity index (χ0v) is 16.7. The summed E-state index contributed by atoms with van der Waals surface area (Å²) in [4.78, 5) is 24.7. The molecule has 0 aromatic heterocycles. The smallest absolute Gasteiger partial charge is 0.408 e. The van der Waals surface area contributed by atoms with Crippen molar-refractivity contribution in [1.29, 1.82) is 0 Å². The Kier molecular flexibility index (Phi) is 10.0. The third-order valence-corrected chi connectivity index (χ3v) is 4.01. The second kappa shape index (κ2) is 12.0. The lowest BCUT2D eigenvalue weighted by molar-refractivity contribution is -0.122. The number of aliphatic hydroxyl groups excluding tert-OH is 1. The van der Waals surface area contributed by atoms with E-state index in [9.17, 15) is 14.7 Å². The van der Waals surface area contributed by atoms with Gasteiger partial charge < -0.3 is 20.5 Å². The Balaban J connectivity index is 2.64. The zero-order chi connectivity index (χ0) is 20.2. The summed E-state index contributed by atoms with van der Waals surface area (Å²) < 4.78 is 5.25. The molecule has 0 bridgehead atoms. The molecule has 0 radical (unpaired) electrons. The van der Waals surface area contributed by atoms with Gasteiger partial charge in [0.05, 0.1) is 12.0 Å². The third-order valence-electron chi connectivity index (χ3n) is 4.01. The van der Waals surface area contributed by atoms with E-state index < -0.39 is 12.1 Å². The van der Waals surface area contributed by atoms with Crippen molar-refractivity contribution in [3.05, 3.63) is 47.4 Å². The first kappa shape index (κ1) is 22.5. The number of benzene rings is 1. The van der Waals surface area contributed by atoms with Crippen LogP contribution in [0.4, 0.5) is 4.79 Å². The molecule has 1 rings (SSSR count). The number of carbonyl (C=O) groups excluding carboxylic acids is 2. The van der Waals surface area contributed by atoms with E-state index in [0.29, 0.717) is 18.5 Å². The van der Waals surface area contributed by atoms with Gasteiger partial charge in [0.1, 0.15) is 12.6 Å². The Labute approximate surface area is 162 Å². The van der Waals surface area contributed by atoms with Crippen molar-refractivity contribution in [2.24, 2.45) is 5.92 Å². The fourth-order valence-corrected chi connectivity index (χ4v) is 2.61. The highest BCUT2D eigenvalue weighted by atomic mass is 16.5. The minimum Gasteiger partial charge on any atom is -0.514 e. The highest BCUT2D eigenvalue weighted by Gasteiger charge is 2.23. The topological polar surface area (TPSA) is 87.7 Å². The van der Waals surface area contributed by atoms with Crippen molar-refractivity contribution in [2.45, 2.75) is 66.0 Å². The van der Waals surface area contributed by atoms with Crippen LogP contribution in [0.1, 0.15) is 57.6 Å². The van der Waals surface area contributed by atoms with E-state index in [-0.39, 0.29) is 18.4 Å². The number of aliphatic hydroxyl groups is 1. The molecule has 0 aliphatic rings. The molecule has 2 amide bonds. The molecule has 3 N–H and O–H groups in total. The van der Waals surface area contributed by atoms with Crippen LogP contribution in [-0.4, -0.2) is 23.1 Å². The fraction of sp³-hybridized carbons (Fsp3) is 0.524. The van der Waals surface area contributed by atoms with E-state index in [1.807, 2.05) is 52.0 Å². The average Bonchev–Trinajstić information content (AvgIpc) is 2.62. The molecule has 0 aliphatic carbocycles. The van der Waals surface area contributed by atoms with Gasteiger partial charge >= 0.3 is 6.09 Å². The van der Waals surface area contributed by atoms with Crippen LogP contribution in [-0.2, 0) is 16.1 Å². The van der Waals surface area contributed by atoms with Gasteiger partial charge in [-0.25, -0.2) is 4.79 Å². The summed E-state index contributed by atoms with van der Waals surface area (Å²) in [7, 11) is 0. The summed E-state index contributed by atoms with van der Waals surface area (Å²) in [5.74, 6) is -0.150. The van der Waals surface area contributed by atoms with Gasteiger partial charge in [0.15, 0.2) is 0 Å². The molecule has 0 heterocycles. The maximum Gasteiger partial charge on any atom is 0.408 e. The summed E-state index contributed by atoms with van der Waals surface area (Å²) in [6.07, 6.45) is 3.12. The van der Waals surface area contributed by atoms with Crippen molar-refractivity contribution in [3.63, 3.8) is 0 Å². The van der Waals surface area contributed by atoms with Crippen LogP contribution in [0.25, 0.3) is 0 Å². The Morgan fingerprint density at radius 3 is 2.63 bits per heavy atom. The van der Waals surface area contributed by atoms with Crippen LogP contribution in [0.2, 0.25) is 0 Å². The zero-order valence-electron chi connectivity index (χ0n) is 16.7. The third kappa shape index (κ3) is 9.13. The summed E-state index contributed by atoms with van der Waals surface area (Å²) in [6.45, 7) is 8.09. The lowest BCUT2D eigenvalue weighted by Gasteiger charge is -2.20. The molecule has 1 aromatic rings. The number of nitrogens with one attached hydrogen (secondary N) is 2. The number of ether oxygens (including phenoxy) is 1. The van der Waals surface area contributed by atoms with Gasteiger partial charge in [-0.2, -0.15) is 0 Å². The highest BCUT2D eigenvalue weighted by molar-refractivity contribution is 5.86. The first-order valence-corrected chi connectivity index (χ1v) is 9.48. The number of alkyl carbamates (subject to hydrolysis) is 1. The molecule has 1 atom stereocenters. The quantitative estimate of drug-likeness (QED) is 0.530. The molecule has 0 spiro atoms. The maximum absolute atomic E-state index is 12.5. The Morgan fingerprint density at radius 1 is 1.30 bits per heavy atom. The first-order chi connectivity index (χ1) is 12.8. The number of hydrogen-bond acceptors (Lipinski definition) is 4. The van der Waals surface area contributed by atoms with Gasteiger partial charge in [-0.15, -0.1) is 0 Å². The van der Waals surface area contributed by atoms with Gasteiger partial charge in [-0.1, -0.05) is 57.0 Å². The average molecular weight is 376 g/mol. The maximum atomic E-state index is 12.5. The van der Waals surface area contributed by atoms with Gasteiger partial charge in [0.25, 0.3) is 0 Å². The van der Waals surface area contributed by atoms with E-state index in [1.54, 1.807) is 0 Å². The lowest BCUT2D eigenvalue weighted by atomic mass is 10.0. The van der Waals surface area contributed by atoms with Crippen LogP contribution >= 0.6 is 0 Å². The molecule has 150 valence electrons. The molecule has 0 fully saturated rings. The molecule has 6 heteroatoms. The monoisotopic (exact) mass is 376 g/mol. The van der Waals surface area contributed by atoms with Crippen molar-refractivity contribution in [1.82, 2.24) is 10.6 Å². The predicted molar refractivity (Wildman–Crippen MR) is 106 cm³/mol. The number of aryl methyl sites for hydroxylation is 1. The van der Waals surface area contributed by atoms with Crippen LogP contribution in [0, 0.1) is 12.8 Å². The second-order valence-electron chi connectivity index (χ2n) is 7.14. The van der Waals surface area contributed by atoms with Gasteiger partial charge in [-0.05, 0) is 37.7 Å². The molecule has 0 aliphatic heterocycles. The fourth-order valence-electron chi connectivity index (χ4n) is 2.61. The summed E-state index contributed by atoms with van der Waals surface area (Å²) in [5, 5.41) is 14.6. The molecule has 6 nitrogen and oxygen atoms in total. The molecule has 27 heavy (non-hydrogen) atoms. The Hall–Kier alpha value is -2.50. The Bertz CT molecular complexity index is 641. The van der Waals surface area contributed by atoms with E-state index in [1.165, 1.54) is 0 Å². The number of carbonyl (C=O) groups is 2. The van der Waals surface area contributed by atoms with E-state index in [4.69, 9.17) is 4.74 Å². The van der Waals surface area contributed by atoms with E-state index in [2.05, 4.69) is 10.6 Å². The highest BCUT2D eigenvalue weighted by Crippen LogP contribution is 2.10. The summed E-state index contributed by atoms with van der Waals surface area (Å²) in [5.41, 5.74) is 2.43. The van der Waals surface area contributed by atoms with Crippen LogP contribution in [0.3, 0.4) is 0 Å². The van der Waals surface area contributed by atoms with Crippen LogP contribution in [0.5, 0.6) is 0 Å². The second-order valence-corrected chi connectivity index (χ2v) is 7.14. The van der Waals surface area contributed by atoms with Gasteiger partial charge in [0, 0.05) is 0 Å². The van der Waals surface area contributed by atoms with E-state index in [0.717, 1.165) is 30.2 Å². The van der Waals surface area contributed by atoms with Crippen molar-refractivity contribution in [2.75, 3.05) is 0 Å². The van der Waals surface area contributed by atoms with Crippen molar-refractivity contribution < 1.29 is 19.4 Å². The van der Waals surface area contributed by atoms with Crippen LogP contribution < -0.4 is 10.6 Å². The molecular weight excluding hydrogens is 344 g/mol. The van der Waals surface area contributed by atoms with Crippen LogP contribution in [0.15, 0.2) is 36.2 Å². The van der Waals surface area contributed by atoms with E-state index >= 15 is 0 Å². The number of allylic oxidation sites excluding steroid dienone is 1. The molecular formula is C21H32N2O4. The standard InChI is InChI=1S/C21H32N2O4/c1-5-6-10-18(13-24)22-20(25)19(11-15(2)3)23-21(26)27-14-17-9-7-8-16(4)12-17/h7-9,12-13,15,19,24H,5-6,10-11,14H2,1-4H3,(H,22,25)(H,23,26). The molecule has 1 unspecified atom stereocenters. The number of unbranched alkanes of at least 4 members (excludes halogenated alkanes) is 1. The summed E-state index contributed by atoms with van der Waals surface area (Å²) >= 11 is 0. The van der Waals surface area contributed by atoms with Gasteiger partial charge in [0.2, 0.25) is 5.91 Å². The summed E-state index contributed by atoms with van der Waals surface area (Å²) in [6, 6.07) is 6.96. The minimum absolute atomic E-state index is 0.141. The lowest BCUT2D eigenvalue weighted by Crippen LogP contribution is -2.47. The van der Waals surface area contributed by atoms with Crippen molar-refractivity contribution in [3.8, 4) is 0 Å². The predicted octanol–water partition coefficient (Wildman–Crippen LogP) is 4.34. The van der Waals surface area contributed by atoms with Crippen molar-refractivity contribution >= 4 is 12.0 Å². The number of amides is 2. The Morgan fingerprint density at radius 2 is 2.04 bits per heavy atom. The SMILES string of the molecule is CCCCC(=CO)NC(=O)C(CC(C)C)NC(=O)OCc1cccc(C)c1. The first-order valence-electron chi connectivity index (χ1n) is 9.48.